The summed E-state index contributed by atoms with van der Waals surface area (Å²) in [5.74, 6) is 1.13. The predicted molar refractivity (Wildman–Crippen MR) is 75.0 cm³/mol. The smallest absolute Gasteiger partial charge is 0.0616 e. The second-order valence-electron chi connectivity index (χ2n) is 3.95. The summed E-state index contributed by atoms with van der Waals surface area (Å²) < 4.78 is 0. The van der Waals surface area contributed by atoms with Gasteiger partial charge in [-0.05, 0) is 12.1 Å². The molecular formula is C11H14Cl2N2S. The summed E-state index contributed by atoms with van der Waals surface area (Å²) in [5.41, 5.74) is 7.68. The zero-order chi connectivity index (χ0) is 11.7. The first-order chi connectivity index (χ1) is 7.58. The molecule has 2 N–H and O–H groups in total. The summed E-state index contributed by atoms with van der Waals surface area (Å²) in [7, 11) is 0. The standard InChI is InChI=1S/C11H14Cl2N2S/c1-7-6-15(2-3-16-7)11-5-9(13)8(12)4-10(11)14/h4-5,7H,2-3,6,14H2,1H3. The molecule has 0 bridgehead atoms. The first-order valence-corrected chi connectivity index (χ1v) is 6.99. The Kier molecular flexibility index (Phi) is 3.77. The maximum absolute atomic E-state index is 6.02. The molecule has 1 aromatic carbocycles. The molecule has 2 nitrogen and oxygen atoms in total. The van der Waals surface area contributed by atoms with Crippen LogP contribution in [0.15, 0.2) is 12.1 Å². The van der Waals surface area contributed by atoms with E-state index in [1.54, 1.807) is 6.07 Å². The van der Waals surface area contributed by atoms with Gasteiger partial charge in [0.2, 0.25) is 0 Å². The number of nitrogen functional groups attached to an aromatic ring is 1. The van der Waals surface area contributed by atoms with Gasteiger partial charge < -0.3 is 10.6 Å². The molecule has 1 aliphatic heterocycles. The second-order valence-corrected chi connectivity index (χ2v) is 6.31. The third-order valence-corrected chi connectivity index (χ3v) is 4.51. The first-order valence-electron chi connectivity index (χ1n) is 5.19. The van der Waals surface area contributed by atoms with E-state index < -0.39 is 0 Å². The van der Waals surface area contributed by atoms with Crippen LogP contribution in [-0.2, 0) is 0 Å². The van der Waals surface area contributed by atoms with Crippen LogP contribution in [0.1, 0.15) is 6.92 Å². The molecule has 88 valence electrons. The third kappa shape index (κ3) is 2.53. The zero-order valence-corrected chi connectivity index (χ0v) is 11.4. The normalized spacial score (nSPS) is 21.2. The Bertz CT molecular complexity index is 398. The van der Waals surface area contributed by atoms with Crippen LogP contribution in [0, 0.1) is 0 Å². The number of anilines is 2. The Balaban J connectivity index is 2.29. The van der Waals surface area contributed by atoms with Crippen molar-refractivity contribution in [1.82, 2.24) is 0 Å². The fourth-order valence-corrected chi connectivity index (χ4v) is 3.21. The summed E-state index contributed by atoms with van der Waals surface area (Å²) in [4.78, 5) is 2.28. The van der Waals surface area contributed by atoms with E-state index >= 15 is 0 Å². The monoisotopic (exact) mass is 276 g/mol. The Hall–Kier alpha value is -0.250. The quantitative estimate of drug-likeness (QED) is 0.796. The molecule has 1 unspecified atom stereocenters. The topological polar surface area (TPSA) is 29.3 Å². The van der Waals surface area contributed by atoms with Gasteiger partial charge >= 0.3 is 0 Å². The molecule has 5 heteroatoms. The van der Waals surface area contributed by atoms with E-state index in [1.165, 1.54) is 0 Å². The number of hydrogen-bond donors (Lipinski definition) is 1. The highest BCUT2D eigenvalue weighted by atomic mass is 35.5. The minimum absolute atomic E-state index is 0.516. The molecule has 0 saturated carbocycles. The number of nitrogens with two attached hydrogens (primary N) is 1. The average molecular weight is 277 g/mol. The Morgan fingerprint density at radius 2 is 2.06 bits per heavy atom. The Labute approximate surface area is 110 Å². The van der Waals surface area contributed by atoms with Crippen molar-refractivity contribution in [1.29, 1.82) is 0 Å². The van der Waals surface area contributed by atoms with Crippen LogP contribution >= 0.6 is 35.0 Å². The Morgan fingerprint density at radius 3 is 2.75 bits per heavy atom. The highest BCUT2D eigenvalue weighted by Crippen LogP contribution is 2.34. The molecule has 0 aliphatic carbocycles. The van der Waals surface area contributed by atoms with Gasteiger partial charge in [-0.3, -0.25) is 0 Å². The molecule has 1 aliphatic rings. The highest BCUT2D eigenvalue weighted by Gasteiger charge is 2.19. The van der Waals surface area contributed by atoms with Crippen molar-refractivity contribution >= 4 is 46.3 Å². The van der Waals surface area contributed by atoms with Crippen LogP contribution in [0.2, 0.25) is 10.0 Å². The van der Waals surface area contributed by atoms with E-state index in [0.717, 1.165) is 24.5 Å². The summed E-state index contributed by atoms with van der Waals surface area (Å²) in [6.45, 7) is 4.24. The van der Waals surface area contributed by atoms with Gasteiger partial charge in [0.05, 0.1) is 21.4 Å². The van der Waals surface area contributed by atoms with Crippen molar-refractivity contribution in [3.8, 4) is 0 Å². The van der Waals surface area contributed by atoms with Crippen molar-refractivity contribution in [3.63, 3.8) is 0 Å². The lowest BCUT2D eigenvalue weighted by molar-refractivity contribution is 0.784. The van der Waals surface area contributed by atoms with Crippen LogP contribution in [0.5, 0.6) is 0 Å². The fraction of sp³-hybridized carbons (Fsp3) is 0.455. The molecule has 0 amide bonds. The van der Waals surface area contributed by atoms with E-state index in [0.29, 0.717) is 21.0 Å². The molecular weight excluding hydrogens is 263 g/mol. The van der Waals surface area contributed by atoms with E-state index in [9.17, 15) is 0 Å². The Morgan fingerprint density at radius 1 is 1.38 bits per heavy atom. The maximum Gasteiger partial charge on any atom is 0.0616 e. The molecule has 0 aromatic heterocycles. The van der Waals surface area contributed by atoms with E-state index in [4.69, 9.17) is 28.9 Å². The lowest BCUT2D eigenvalue weighted by atomic mass is 10.2. The minimum Gasteiger partial charge on any atom is -0.397 e. The summed E-state index contributed by atoms with van der Waals surface area (Å²) >= 11 is 13.9. The summed E-state index contributed by atoms with van der Waals surface area (Å²) in [6, 6.07) is 3.59. The third-order valence-electron chi connectivity index (χ3n) is 2.65. The van der Waals surface area contributed by atoms with Gasteiger partial charge in [0.15, 0.2) is 0 Å². The van der Waals surface area contributed by atoms with Gasteiger partial charge in [0, 0.05) is 24.1 Å². The lowest BCUT2D eigenvalue weighted by Gasteiger charge is -2.33. The van der Waals surface area contributed by atoms with E-state index in [2.05, 4.69) is 11.8 Å². The molecule has 1 saturated heterocycles. The summed E-state index contributed by atoms with van der Waals surface area (Å²) in [6.07, 6.45) is 0. The SMILES string of the molecule is CC1CN(c2cc(Cl)c(Cl)cc2N)CCS1. The van der Waals surface area contributed by atoms with Gasteiger partial charge in [-0.2, -0.15) is 11.8 Å². The van der Waals surface area contributed by atoms with Crippen LogP contribution in [0.3, 0.4) is 0 Å². The molecule has 0 radical (unpaired) electrons. The van der Waals surface area contributed by atoms with E-state index in [1.807, 2.05) is 17.8 Å². The molecule has 1 fully saturated rings. The summed E-state index contributed by atoms with van der Waals surface area (Å²) in [5, 5.41) is 1.71. The molecule has 16 heavy (non-hydrogen) atoms. The van der Waals surface area contributed by atoms with Gasteiger partial charge in [0.1, 0.15) is 0 Å². The fourth-order valence-electron chi connectivity index (χ4n) is 1.86. The molecule has 1 heterocycles. The zero-order valence-electron chi connectivity index (χ0n) is 9.04. The predicted octanol–water partition coefficient (Wildman–Crippen LogP) is 3.52. The van der Waals surface area contributed by atoms with Crippen LogP contribution in [0.25, 0.3) is 0 Å². The van der Waals surface area contributed by atoms with Crippen molar-refractivity contribution in [2.45, 2.75) is 12.2 Å². The van der Waals surface area contributed by atoms with Gasteiger partial charge in [-0.25, -0.2) is 0 Å². The van der Waals surface area contributed by atoms with Crippen molar-refractivity contribution in [2.24, 2.45) is 0 Å². The van der Waals surface area contributed by atoms with Gasteiger partial charge in [0.25, 0.3) is 0 Å². The number of hydrogen-bond acceptors (Lipinski definition) is 3. The minimum atomic E-state index is 0.516. The van der Waals surface area contributed by atoms with Gasteiger partial charge in [-0.1, -0.05) is 30.1 Å². The molecule has 2 rings (SSSR count). The average Bonchev–Trinajstić information content (AvgIpc) is 2.23. The molecule has 1 aromatic rings. The van der Waals surface area contributed by atoms with Crippen molar-refractivity contribution in [2.75, 3.05) is 29.5 Å². The highest BCUT2D eigenvalue weighted by molar-refractivity contribution is 8.00. The number of halogens is 2. The number of thioether (sulfide) groups is 1. The van der Waals surface area contributed by atoms with Crippen LogP contribution in [-0.4, -0.2) is 24.1 Å². The van der Waals surface area contributed by atoms with Crippen molar-refractivity contribution < 1.29 is 0 Å². The second kappa shape index (κ2) is 4.94. The van der Waals surface area contributed by atoms with Gasteiger partial charge in [-0.15, -0.1) is 0 Å². The number of benzene rings is 1. The first kappa shape index (κ1) is 12.2. The van der Waals surface area contributed by atoms with Crippen LogP contribution in [0.4, 0.5) is 11.4 Å². The molecule has 1 atom stereocenters. The molecule has 0 spiro atoms. The number of rotatable bonds is 1. The van der Waals surface area contributed by atoms with E-state index in [-0.39, 0.29) is 0 Å². The number of nitrogens with zero attached hydrogens (tertiary/aromatic N) is 1. The van der Waals surface area contributed by atoms with Crippen LogP contribution < -0.4 is 10.6 Å². The maximum atomic E-state index is 6.02. The van der Waals surface area contributed by atoms with Crippen molar-refractivity contribution in [3.05, 3.63) is 22.2 Å². The largest absolute Gasteiger partial charge is 0.397 e. The lowest BCUT2D eigenvalue weighted by Crippen LogP contribution is -2.37.